The highest BCUT2D eigenvalue weighted by Crippen LogP contribution is 2.34. The summed E-state index contributed by atoms with van der Waals surface area (Å²) in [4.78, 5) is 47.4. The van der Waals surface area contributed by atoms with Gasteiger partial charge in [0, 0.05) is 23.4 Å². The maximum atomic E-state index is 14.7. The summed E-state index contributed by atoms with van der Waals surface area (Å²) in [5.41, 5.74) is 3.89. The van der Waals surface area contributed by atoms with Crippen molar-refractivity contribution in [2.24, 2.45) is 5.92 Å². The number of pyridine rings is 1. The number of ether oxygens (including phenoxy) is 1. The number of amides is 3. The first-order valence-corrected chi connectivity index (χ1v) is 14.6. The first-order chi connectivity index (χ1) is 21.2. The molecular formula is C32H32ClFN6O4. The molecule has 3 amide bonds. The van der Waals surface area contributed by atoms with E-state index in [1.165, 1.54) is 24.1 Å². The van der Waals surface area contributed by atoms with E-state index in [4.69, 9.17) is 16.3 Å². The second-order valence-corrected chi connectivity index (χ2v) is 11.1. The van der Waals surface area contributed by atoms with Crippen LogP contribution in [0, 0.1) is 18.7 Å². The minimum Gasteiger partial charge on any atom is -0.453 e. The van der Waals surface area contributed by atoms with Crippen molar-refractivity contribution in [1.82, 2.24) is 19.9 Å². The molecule has 0 aliphatic carbocycles. The molecule has 0 spiro atoms. The molecule has 3 N–H and O–H groups in total. The largest absolute Gasteiger partial charge is 0.453 e. The van der Waals surface area contributed by atoms with E-state index in [0.29, 0.717) is 41.2 Å². The van der Waals surface area contributed by atoms with Crippen LogP contribution in [0.25, 0.3) is 16.8 Å². The van der Waals surface area contributed by atoms with Crippen molar-refractivity contribution in [3.8, 4) is 16.8 Å². The maximum absolute atomic E-state index is 14.7. The second kappa shape index (κ2) is 13.3. The highest BCUT2D eigenvalue weighted by atomic mass is 35.5. The van der Waals surface area contributed by atoms with Crippen LogP contribution in [0.2, 0.25) is 5.02 Å². The molecule has 0 unspecified atom stereocenters. The third kappa shape index (κ3) is 6.57. The summed E-state index contributed by atoms with van der Waals surface area (Å²) in [7, 11) is 1.27. The van der Waals surface area contributed by atoms with E-state index < -0.39 is 23.9 Å². The predicted molar refractivity (Wildman–Crippen MR) is 165 cm³/mol. The molecule has 44 heavy (non-hydrogen) atoms. The van der Waals surface area contributed by atoms with Gasteiger partial charge >= 0.3 is 6.09 Å². The zero-order valence-electron chi connectivity index (χ0n) is 24.5. The fraction of sp³-hybridized carbons (Fsp3) is 0.281. The number of imidazole rings is 1. The number of benzene rings is 2. The summed E-state index contributed by atoms with van der Waals surface area (Å²) in [6.45, 7) is 3.56. The van der Waals surface area contributed by atoms with Crippen LogP contribution in [0.3, 0.4) is 0 Å². The molecule has 2 aromatic carbocycles. The zero-order chi connectivity index (χ0) is 31.4. The van der Waals surface area contributed by atoms with Gasteiger partial charge in [0.2, 0.25) is 5.91 Å². The first kappa shape index (κ1) is 30.7. The molecule has 4 aromatic rings. The number of aromatic nitrogens is 3. The molecule has 2 bridgehead atoms. The van der Waals surface area contributed by atoms with Gasteiger partial charge in [-0.15, -0.1) is 0 Å². The summed E-state index contributed by atoms with van der Waals surface area (Å²) in [6, 6.07) is 13.1. The van der Waals surface area contributed by atoms with Crippen molar-refractivity contribution in [2.75, 3.05) is 17.7 Å². The minimum absolute atomic E-state index is 0.0275. The minimum atomic E-state index is -0.628. The predicted octanol–water partition coefficient (Wildman–Crippen LogP) is 6.83. The normalized spacial score (nSPS) is 16.8. The fourth-order valence-corrected chi connectivity index (χ4v) is 5.38. The van der Waals surface area contributed by atoms with Crippen LogP contribution >= 0.6 is 11.6 Å². The average molecular weight is 619 g/mol. The molecule has 0 radical (unpaired) electrons. The number of carbonyl (C=O) groups is 3. The maximum Gasteiger partial charge on any atom is 0.411 e. The molecule has 2 atom stereocenters. The van der Waals surface area contributed by atoms with Gasteiger partial charge in [-0.05, 0) is 61.7 Å². The van der Waals surface area contributed by atoms with Crippen molar-refractivity contribution >= 4 is 40.9 Å². The van der Waals surface area contributed by atoms with Crippen molar-refractivity contribution in [3.63, 3.8) is 0 Å². The van der Waals surface area contributed by atoms with Gasteiger partial charge in [-0.3, -0.25) is 24.5 Å². The number of anilines is 2. The molecule has 3 heterocycles. The Morgan fingerprint density at radius 3 is 2.70 bits per heavy atom. The zero-order valence-corrected chi connectivity index (χ0v) is 25.2. The second-order valence-electron chi connectivity index (χ2n) is 10.7. The highest BCUT2D eigenvalue weighted by Gasteiger charge is 2.24. The Labute approximate surface area is 259 Å². The quantitative estimate of drug-likeness (QED) is 0.230. The van der Waals surface area contributed by atoms with Crippen molar-refractivity contribution in [1.29, 1.82) is 0 Å². The average Bonchev–Trinajstić information content (AvgIpc) is 3.40. The summed E-state index contributed by atoms with van der Waals surface area (Å²) in [6.07, 6.45) is 5.12. The lowest BCUT2D eigenvalue weighted by molar-refractivity contribution is -0.119. The van der Waals surface area contributed by atoms with Crippen molar-refractivity contribution < 1.29 is 23.5 Å². The molecule has 1 aliphatic heterocycles. The summed E-state index contributed by atoms with van der Waals surface area (Å²) in [5, 5.41) is 8.70. The molecular weight excluding hydrogens is 587 g/mol. The third-order valence-electron chi connectivity index (χ3n) is 7.70. The van der Waals surface area contributed by atoms with Crippen LogP contribution in [0.5, 0.6) is 0 Å². The Kier molecular flexibility index (Phi) is 9.24. The SMILES string of the molecule is COC(=O)Nc1ccc2c(c1)NC(=O)[C@H](C)CCCC[C@H](NC(=O)c1ncn(-c3cccc(Cl)c3F)c1C)c1cc-2ccn1. The lowest BCUT2D eigenvalue weighted by atomic mass is 9.98. The smallest absolute Gasteiger partial charge is 0.411 e. The number of halogens is 2. The third-order valence-corrected chi connectivity index (χ3v) is 8.00. The lowest BCUT2D eigenvalue weighted by Gasteiger charge is -2.19. The Balaban J connectivity index is 1.48. The van der Waals surface area contributed by atoms with Crippen LogP contribution in [0.15, 0.2) is 61.1 Å². The van der Waals surface area contributed by atoms with Crippen molar-refractivity contribution in [2.45, 2.75) is 45.6 Å². The van der Waals surface area contributed by atoms with E-state index in [0.717, 1.165) is 18.4 Å². The number of hydrogen-bond donors (Lipinski definition) is 3. The topological polar surface area (TPSA) is 127 Å². The number of methoxy groups -OCH3 is 1. The highest BCUT2D eigenvalue weighted by molar-refractivity contribution is 6.30. The number of carbonyl (C=O) groups excluding carboxylic acids is 3. The van der Waals surface area contributed by atoms with Gasteiger partial charge in [0.15, 0.2) is 5.82 Å². The standard InChI is InChI=1S/C32H32ClFN6O4/c1-18-7-4-5-9-24(38-31(42)29-19(2)40(17-36-29)27-10-6-8-23(33)28(27)34)26-15-20(13-14-35-26)22-12-11-21(37-32(43)44-3)16-25(22)39-30(18)41/h6,8,10-18,24H,4-5,7,9H2,1-3H3,(H,37,43)(H,38,42)(H,39,41)/t18-,24+/m1/s1. The molecule has 0 saturated carbocycles. The molecule has 2 aromatic heterocycles. The molecule has 5 rings (SSSR count). The van der Waals surface area contributed by atoms with E-state index in [2.05, 4.69) is 25.9 Å². The van der Waals surface area contributed by atoms with Gasteiger partial charge < -0.3 is 15.4 Å². The fourth-order valence-electron chi connectivity index (χ4n) is 5.21. The van der Waals surface area contributed by atoms with Crippen LogP contribution in [-0.4, -0.2) is 39.6 Å². The number of rotatable bonds is 4. The molecule has 1 aliphatic rings. The van der Waals surface area contributed by atoms with Gasteiger partial charge in [-0.25, -0.2) is 14.2 Å². The van der Waals surface area contributed by atoms with Crippen LogP contribution in [0.1, 0.15) is 60.5 Å². The molecule has 0 fully saturated rings. The number of nitrogens with zero attached hydrogens (tertiary/aromatic N) is 3. The van der Waals surface area contributed by atoms with Gasteiger partial charge in [-0.1, -0.05) is 43.5 Å². The van der Waals surface area contributed by atoms with Crippen LogP contribution < -0.4 is 16.0 Å². The van der Waals surface area contributed by atoms with Gasteiger partial charge in [0.1, 0.15) is 12.0 Å². The van der Waals surface area contributed by atoms with Gasteiger partial charge in [0.25, 0.3) is 5.91 Å². The lowest BCUT2D eigenvalue weighted by Crippen LogP contribution is -2.30. The first-order valence-electron chi connectivity index (χ1n) is 14.2. The Morgan fingerprint density at radius 2 is 1.91 bits per heavy atom. The number of nitrogens with one attached hydrogen (secondary N) is 3. The number of hydrogen-bond acceptors (Lipinski definition) is 6. The van der Waals surface area contributed by atoms with E-state index >= 15 is 0 Å². The van der Waals surface area contributed by atoms with Crippen LogP contribution in [0.4, 0.5) is 20.6 Å². The monoisotopic (exact) mass is 618 g/mol. The van der Waals surface area contributed by atoms with E-state index in [-0.39, 0.29) is 28.2 Å². The van der Waals surface area contributed by atoms with Gasteiger partial charge in [-0.2, -0.15) is 0 Å². The van der Waals surface area contributed by atoms with Gasteiger partial charge in [0.05, 0.1) is 40.9 Å². The summed E-state index contributed by atoms with van der Waals surface area (Å²) < 4.78 is 20.9. The molecule has 10 nitrogen and oxygen atoms in total. The Hall–Kier alpha value is -4.77. The molecule has 12 heteroatoms. The molecule has 228 valence electrons. The van der Waals surface area contributed by atoms with Crippen molar-refractivity contribution in [3.05, 3.63) is 89.0 Å². The summed E-state index contributed by atoms with van der Waals surface area (Å²) >= 11 is 5.98. The Bertz CT molecular complexity index is 1720. The van der Waals surface area contributed by atoms with Crippen LogP contribution in [-0.2, 0) is 9.53 Å². The molecule has 0 saturated heterocycles. The summed E-state index contributed by atoms with van der Waals surface area (Å²) in [5.74, 6) is -1.43. The van der Waals surface area contributed by atoms with E-state index in [1.807, 2.05) is 19.1 Å². The van der Waals surface area contributed by atoms with E-state index in [1.54, 1.807) is 43.5 Å². The Morgan fingerprint density at radius 1 is 1.11 bits per heavy atom. The number of fused-ring (bicyclic) bond motifs is 4. The van der Waals surface area contributed by atoms with E-state index in [9.17, 15) is 18.8 Å².